The third-order valence-electron chi connectivity index (χ3n) is 0.507. The fraction of sp³-hybridized carbons (Fsp3) is 0.400. The molecule has 0 heterocycles. The zero-order valence-corrected chi connectivity index (χ0v) is 3.61. The number of hydrogen-bond acceptors (Lipinski definition) is 1. The third-order valence-corrected chi connectivity index (χ3v) is 0.507. The highest BCUT2D eigenvalue weighted by Gasteiger charge is 1.87. The van der Waals surface area contributed by atoms with Crippen LogP contribution in [0.25, 0.3) is 0 Å². The second-order valence-corrected chi connectivity index (χ2v) is 0.993. The van der Waals surface area contributed by atoms with E-state index in [4.69, 9.17) is 6.92 Å². The summed E-state index contributed by atoms with van der Waals surface area (Å²) in [4.78, 5) is 9.99. The molecule has 0 saturated heterocycles. The molecule has 0 saturated carbocycles. The first-order valence-corrected chi connectivity index (χ1v) is 1.82. The molecule has 0 rings (SSSR count). The van der Waals surface area contributed by atoms with Gasteiger partial charge in [0.05, 0.1) is 0 Å². The van der Waals surface area contributed by atoms with Gasteiger partial charge in [-0.05, 0) is 13.8 Å². The van der Waals surface area contributed by atoms with Gasteiger partial charge >= 0.3 is 0 Å². The predicted octanol–water partition coefficient (Wildman–Crippen LogP) is 0.881. The zero-order valence-electron chi connectivity index (χ0n) is 3.61. The quantitative estimate of drug-likeness (QED) is 0.484. The van der Waals surface area contributed by atoms with Crippen molar-refractivity contribution in [3.05, 3.63) is 13.8 Å². The van der Waals surface area contributed by atoms with Gasteiger partial charge in [-0.2, -0.15) is 0 Å². The Morgan fingerprint density at radius 1 is 1.83 bits per heavy atom. The van der Waals surface area contributed by atoms with Crippen LogP contribution < -0.4 is 0 Å². The van der Waals surface area contributed by atoms with Crippen LogP contribution in [-0.4, -0.2) is 5.78 Å². The molecule has 0 aliphatic rings. The molecule has 0 aliphatic heterocycles. The van der Waals surface area contributed by atoms with Crippen molar-refractivity contribution >= 4 is 5.78 Å². The summed E-state index contributed by atoms with van der Waals surface area (Å²) in [5, 5.41) is 0. The molecule has 0 atom stereocenters. The van der Waals surface area contributed by atoms with Crippen molar-refractivity contribution in [3.8, 4) is 0 Å². The molecule has 0 bridgehead atoms. The Balaban J connectivity index is 2.99. The molecule has 0 aliphatic carbocycles. The van der Waals surface area contributed by atoms with E-state index in [0.29, 0.717) is 6.42 Å². The third kappa shape index (κ3) is 1.94. The van der Waals surface area contributed by atoms with E-state index in [0.717, 1.165) is 0 Å². The largest absolute Gasteiger partial charge is 0.300 e. The van der Waals surface area contributed by atoms with Gasteiger partial charge < -0.3 is 0 Å². The first-order valence-electron chi connectivity index (χ1n) is 1.82. The summed E-state index contributed by atoms with van der Waals surface area (Å²) in [7, 11) is 0. The highest BCUT2D eigenvalue weighted by Crippen LogP contribution is 1.81. The van der Waals surface area contributed by atoms with Crippen LogP contribution in [-0.2, 0) is 4.79 Å². The number of ketones is 1. The van der Waals surface area contributed by atoms with Crippen molar-refractivity contribution in [2.75, 3.05) is 0 Å². The number of Topliss-reactive ketones (excluding diaryl/α,β-unsaturated/α-hetero) is 1. The van der Waals surface area contributed by atoms with E-state index in [9.17, 15) is 4.79 Å². The Morgan fingerprint density at radius 3 is 2.33 bits per heavy atom. The van der Waals surface area contributed by atoms with E-state index >= 15 is 0 Å². The molecular formula is C5H7O. The monoisotopic (exact) mass is 83.0 g/mol. The molecule has 0 aromatic rings. The Morgan fingerprint density at radius 2 is 2.33 bits per heavy atom. The van der Waals surface area contributed by atoms with Crippen LogP contribution in [0, 0.1) is 13.8 Å². The molecule has 0 unspecified atom stereocenters. The zero-order chi connectivity index (χ0) is 4.99. The average molecular weight is 83.1 g/mol. The highest BCUT2D eigenvalue weighted by molar-refractivity contribution is 5.79. The second-order valence-electron chi connectivity index (χ2n) is 0.993. The van der Waals surface area contributed by atoms with Crippen LogP contribution in [0.3, 0.4) is 0 Å². The second kappa shape index (κ2) is 2.88. The molecule has 0 aromatic carbocycles. The Hall–Kier alpha value is -0.330. The summed E-state index contributed by atoms with van der Waals surface area (Å²) < 4.78 is 0. The van der Waals surface area contributed by atoms with Crippen LogP contribution in [0.1, 0.15) is 12.8 Å². The molecule has 0 fully saturated rings. The lowest BCUT2D eigenvalue weighted by molar-refractivity contribution is -0.117. The van der Waals surface area contributed by atoms with Gasteiger partial charge in [-0.15, -0.1) is 0 Å². The van der Waals surface area contributed by atoms with Gasteiger partial charge in [-0.1, -0.05) is 0 Å². The van der Waals surface area contributed by atoms with Gasteiger partial charge in [-0.25, -0.2) is 0 Å². The number of carbonyl (C=O) groups excluding carboxylic acids is 1. The number of rotatable bonds is 2. The minimum Gasteiger partial charge on any atom is -0.300 e. The predicted molar refractivity (Wildman–Crippen MR) is 23.9 cm³/mol. The van der Waals surface area contributed by atoms with Gasteiger partial charge in [0.25, 0.3) is 0 Å². The summed E-state index contributed by atoms with van der Waals surface area (Å²) in [5.41, 5.74) is 0. The van der Waals surface area contributed by atoms with Crippen LogP contribution in [0.5, 0.6) is 0 Å². The number of hydrogen-bond donors (Lipinski definition) is 0. The topological polar surface area (TPSA) is 17.1 Å². The van der Waals surface area contributed by atoms with E-state index < -0.39 is 0 Å². The first-order chi connectivity index (χ1) is 2.81. The Kier molecular flexibility index (Phi) is 2.73. The van der Waals surface area contributed by atoms with Crippen molar-refractivity contribution in [2.45, 2.75) is 12.8 Å². The summed E-state index contributed by atoms with van der Waals surface area (Å²) in [6.45, 7) is 8.22. The molecular weight excluding hydrogens is 76.1 g/mol. The minimum absolute atomic E-state index is 0.00926. The van der Waals surface area contributed by atoms with Crippen LogP contribution in [0.2, 0.25) is 0 Å². The fourth-order valence-corrected chi connectivity index (χ4v) is 0.102. The molecule has 1 nitrogen and oxygen atoms in total. The Bertz CT molecular complexity index is 41.9. The molecule has 3 radical (unpaired) electrons. The van der Waals surface area contributed by atoms with Gasteiger partial charge in [0.15, 0.2) is 0 Å². The van der Waals surface area contributed by atoms with E-state index in [1.807, 2.05) is 0 Å². The Labute approximate surface area is 38.4 Å². The molecule has 0 spiro atoms. The van der Waals surface area contributed by atoms with E-state index in [1.165, 1.54) is 0 Å². The molecule has 0 aromatic heterocycles. The molecule has 33 valence electrons. The van der Waals surface area contributed by atoms with Crippen molar-refractivity contribution in [1.82, 2.24) is 0 Å². The van der Waals surface area contributed by atoms with Crippen molar-refractivity contribution < 1.29 is 4.79 Å². The van der Waals surface area contributed by atoms with Crippen molar-refractivity contribution in [2.24, 2.45) is 0 Å². The van der Waals surface area contributed by atoms with Crippen molar-refractivity contribution in [1.29, 1.82) is 0 Å². The summed E-state index contributed by atoms with van der Waals surface area (Å²) in [5.74, 6) is 0.00926. The van der Waals surface area contributed by atoms with E-state index in [2.05, 4.69) is 6.92 Å². The molecule has 6 heavy (non-hydrogen) atoms. The number of carbonyl (C=O) groups is 1. The lowest BCUT2D eigenvalue weighted by atomic mass is 10.3. The SMILES string of the molecule is [CH]CC(=O)C[CH2]. The van der Waals surface area contributed by atoms with Gasteiger partial charge in [0.2, 0.25) is 0 Å². The van der Waals surface area contributed by atoms with E-state index in [-0.39, 0.29) is 12.2 Å². The smallest absolute Gasteiger partial charge is 0.133 e. The fourth-order valence-electron chi connectivity index (χ4n) is 0.102. The van der Waals surface area contributed by atoms with Crippen LogP contribution in [0.15, 0.2) is 0 Å². The van der Waals surface area contributed by atoms with Gasteiger partial charge in [0.1, 0.15) is 5.78 Å². The highest BCUT2D eigenvalue weighted by atomic mass is 16.1. The standard InChI is InChI=1S/C5H7O/c1-3-5(6)4-2/h1H,2-4H2. The van der Waals surface area contributed by atoms with Crippen LogP contribution >= 0.6 is 0 Å². The lowest BCUT2D eigenvalue weighted by Crippen LogP contribution is -1.88. The van der Waals surface area contributed by atoms with E-state index in [1.54, 1.807) is 0 Å². The lowest BCUT2D eigenvalue weighted by Gasteiger charge is -1.80. The maximum Gasteiger partial charge on any atom is 0.133 e. The molecule has 1 heteroatoms. The van der Waals surface area contributed by atoms with Gasteiger partial charge in [0, 0.05) is 12.8 Å². The summed E-state index contributed by atoms with van der Waals surface area (Å²) in [6.07, 6.45) is 0.444. The average Bonchev–Trinajstić information content (AvgIpc) is 1.65. The first kappa shape index (κ1) is 5.67. The molecule has 0 N–H and O–H groups in total. The maximum atomic E-state index is 9.99. The van der Waals surface area contributed by atoms with Crippen molar-refractivity contribution in [3.63, 3.8) is 0 Å². The maximum absolute atomic E-state index is 9.99. The summed E-state index contributed by atoms with van der Waals surface area (Å²) in [6, 6.07) is 0. The summed E-state index contributed by atoms with van der Waals surface area (Å²) >= 11 is 0. The van der Waals surface area contributed by atoms with Crippen LogP contribution in [0.4, 0.5) is 0 Å². The van der Waals surface area contributed by atoms with Gasteiger partial charge in [-0.3, -0.25) is 4.79 Å². The molecule has 0 amide bonds. The normalized spacial score (nSPS) is 8.33. The minimum atomic E-state index is 0.00926.